The van der Waals surface area contributed by atoms with Crippen molar-refractivity contribution in [3.05, 3.63) is 45.9 Å². The molecule has 3 aliphatic carbocycles. The lowest BCUT2D eigenvalue weighted by molar-refractivity contribution is -0.162. The van der Waals surface area contributed by atoms with Crippen LogP contribution in [0.1, 0.15) is 68.3 Å². The fourth-order valence-corrected chi connectivity index (χ4v) is 8.08. The summed E-state index contributed by atoms with van der Waals surface area (Å²) in [6, 6.07) is 2.54. The summed E-state index contributed by atoms with van der Waals surface area (Å²) >= 11 is 0. The molecule has 6 atom stereocenters. The van der Waals surface area contributed by atoms with E-state index < -0.39 is 69.9 Å². The molecule has 44 heavy (non-hydrogen) atoms. The number of nitrogens with zero attached hydrogens (tertiary/aromatic N) is 3. The Balaban J connectivity index is 1.68. The number of hydrogen-bond donors (Lipinski definition) is 5. The van der Waals surface area contributed by atoms with Gasteiger partial charge in [-0.1, -0.05) is 26.3 Å². The maximum absolute atomic E-state index is 14.3. The molecule has 0 radical (unpaired) electrons. The van der Waals surface area contributed by atoms with Crippen molar-refractivity contribution in [1.29, 1.82) is 0 Å². The molecule has 4 aliphatic rings. The molecule has 0 amide bonds. The molecule has 1 fully saturated rings. The zero-order valence-corrected chi connectivity index (χ0v) is 26.4. The minimum Gasteiger partial charge on any atom is -0.510 e. The number of anilines is 1. The van der Waals surface area contributed by atoms with Crippen LogP contribution in [0, 0.1) is 11.8 Å². The number of Topliss-reactive ketones (excluding diaryl/α,β-unsaturated/α-hetero) is 3. The number of unbranched alkanes of at least 4 members (excludes halogenated alkanes) is 1. The van der Waals surface area contributed by atoms with Crippen LogP contribution in [0.15, 0.2) is 34.8 Å². The lowest BCUT2D eigenvalue weighted by Gasteiger charge is -2.53. The Bertz CT molecular complexity index is 1440. The zero-order chi connectivity index (χ0) is 32.4. The first kappa shape index (κ1) is 32.2. The molecule has 0 saturated carbocycles. The van der Waals surface area contributed by atoms with Gasteiger partial charge in [-0.05, 0) is 78.0 Å². The number of rotatable bonds is 7. The average molecular weight is 612 g/mol. The fraction of sp³-hybridized carbons (Fsp3) is 0.606. The molecule has 0 spiro atoms. The van der Waals surface area contributed by atoms with E-state index in [2.05, 4.69) is 23.8 Å². The molecule has 5 rings (SSSR count). The number of benzene rings is 1. The van der Waals surface area contributed by atoms with Crippen molar-refractivity contribution in [2.24, 2.45) is 11.8 Å². The smallest absolute Gasteiger partial charge is 0.209 e. The Morgan fingerprint density at radius 2 is 1.75 bits per heavy atom. The van der Waals surface area contributed by atoms with Gasteiger partial charge < -0.3 is 35.3 Å². The van der Waals surface area contributed by atoms with Crippen molar-refractivity contribution in [2.75, 3.05) is 45.7 Å². The summed E-state index contributed by atoms with van der Waals surface area (Å²) < 4.78 is 0. The zero-order valence-electron chi connectivity index (χ0n) is 26.4. The van der Waals surface area contributed by atoms with Gasteiger partial charge in [0.1, 0.15) is 22.8 Å². The molecule has 1 saturated heterocycles. The number of aliphatic hydroxyl groups excluding tert-OH is 3. The van der Waals surface area contributed by atoms with Crippen molar-refractivity contribution in [3.8, 4) is 5.75 Å². The van der Waals surface area contributed by atoms with E-state index in [0.717, 1.165) is 45.7 Å². The number of carbonyl (C=O) groups excluding carboxylic acids is 3. The first-order valence-electron chi connectivity index (χ1n) is 15.5. The highest BCUT2D eigenvalue weighted by atomic mass is 16.4. The minimum absolute atomic E-state index is 0.0333. The molecule has 11 nitrogen and oxygen atoms in total. The molecule has 0 bridgehead atoms. The van der Waals surface area contributed by atoms with Gasteiger partial charge in [-0.25, -0.2) is 0 Å². The summed E-state index contributed by atoms with van der Waals surface area (Å²) in [6.45, 7) is 7.40. The lowest BCUT2D eigenvalue weighted by Crippen LogP contribution is -2.68. The molecule has 1 aliphatic heterocycles. The maximum Gasteiger partial charge on any atom is 0.209 e. The lowest BCUT2D eigenvalue weighted by atomic mass is 9.55. The highest BCUT2D eigenvalue weighted by Crippen LogP contribution is 2.56. The second kappa shape index (κ2) is 11.6. The monoisotopic (exact) mass is 611 g/mol. The van der Waals surface area contributed by atoms with Gasteiger partial charge in [0.25, 0.3) is 0 Å². The van der Waals surface area contributed by atoms with Crippen LogP contribution in [0.25, 0.3) is 0 Å². The number of fused-ring (bicyclic) bond motifs is 3. The van der Waals surface area contributed by atoms with E-state index in [0.29, 0.717) is 17.8 Å². The number of aromatic hydroxyl groups is 1. The predicted molar refractivity (Wildman–Crippen MR) is 164 cm³/mol. The summed E-state index contributed by atoms with van der Waals surface area (Å²) in [5.74, 6) is -7.84. The minimum atomic E-state index is -2.85. The van der Waals surface area contributed by atoms with Crippen LogP contribution in [0.4, 0.5) is 5.69 Å². The molecular formula is C33H45N3O8. The number of hydrogen-bond acceptors (Lipinski definition) is 11. The first-order valence-corrected chi connectivity index (χ1v) is 15.5. The van der Waals surface area contributed by atoms with Crippen LogP contribution < -0.4 is 4.90 Å². The molecule has 0 unspecified atom stereocenters. The third-order valence-electron chi connectivity index (χ3n) is 10.4. The summed E-state index contributed by atoms with van der Waals surface area (Å²) in [4.78, 5) is 46.4. The molecular weight excluding hydrogens is 566 g/mol. The van der Waals surface area contributed by atoms with Crippen LogP contribution in [0.3, 0.4) is 0 Å². The van der Waals surface area contributed by atoms with Gasteiger partial charge in [0.05, 0.1) is 29.3 Å². The SMILES string of the molecule is CCCCN(c1ccc2c(c1O)C(=O)C1=C(O)[C@]3(O)C(=O)C(C(C)=O)=C(O)[C@@H](N(C)C)[C@@H]3[C@@H](O)[C@@H]1[C@H]2C)C1CCN(C)CC1. The quantitative estimate of drug-likeness (QED) is 0.288. The standard InChI is InChI=1S/C33H45N3O8/c1-7-8-13-36(18-11-14-35(6)15-12-18)20-10-9-19-16(2)21-24(28(39)23(19)27(20)38)32(43)33(44)25(29(21)40)26(34(4)5)30(41)22(17(3)37)31(33)42/h9-10,16,18,21,25-26,29,38,40-41,43-44H,7-8,11-15H2,1-6H3/t16-,21+,25+,26-,29-,33+/m0/s1. The second-order valence-corrected chi connectivity index (χ2v) is 13.2. The van der Waals surface area contributed by atoms with Crippen molar-refractivity contribution < 1.29 is 39.9 Å². The second-order valence-electron chi connectivity index (χ2n) is 13.2. The van der Waals surface area contributed by atoms with Crippen molar-refractivity contribution >= 4 is 23.0 Å². The van der Waals surface area contributed by atoms with E-state index in [1.54, 1.807) is 27.1 Å². The molecule has 0 aromatic heterocycles. The van der Waals surface area contributed by atoms with Gasteiger partial charge >= 0.3 is 0 Å². The average Bonchev–Trinajstić information content (AvgIpc) is 2.96. The van der Waals surface area contributed by atoms with E-state index in [-0.39, 0.29) is 22.9 Å². The molecule has 1 aromatic carbocycles. The summed E-state index contributed by atoms with van der Waals surface area (Å²) in [7, 11) is 5.18. The molecule has 1 heterocycles. The third kappa shape index (κ3) is 4.58. The highest BCUT2D eigenvalue weighted by molar-refractivity contribution is 6.25. The molecule has 1 aromatic rings. The summed E-state index contributed by atoms with van der Waals surface area (Å²) in [5, 5.41) is 58.3. The molecule has 11 heteroatoms. The van der Waals surface area contributed by atoms with Gasteiger partial charge in [-0.2, -0.15) is 0 Å². The van der Waals surface area contributed by atoms with Gasteiger partial charge in [-0.15, -0.1) is 0 Å². The Labute approximate surface area is 258 Å². The number of ketones is 3. The normalized spacial score (nSPS) is 31.2. The number of aliphatic hydroxyl groups is 4. The highest BCUT2D eigenvalue weighted by Gasteiger charge is 2.67. The summed E-state index contributed by atoms with van der Waals surface area (Å²) in [5.41, 5.74) is -2.95. The van der Waals surface area contributed by atoms with E-state index in [1.807, 2.05) is 6.07 Å². The number of likely N-dealkylation sites (tertiary alicyclic amines) is 1. The first-order chi connectivity index (χ1) is 20.7. The van der Waals surface area contributed by atoms with Gasteiger partial charge in [0.2, 0.25) is 5.78 Å². The topological polar surface area (TPSA) is 162 Å². The van der Waals surface area contributed by atoms with Gasteiger partial charge in [0.15, 0.2) is 17.2 Å². The molecule has 5 N–H and O–H groups in total. The number of carbonyl (C=O) groups is 3. The van der Waals surface area contributed by atoms with E-state index in [1.165, 1.54) is 4.90 Å². The number of piperidine rings is 1. The van der Waals surface area contributed by atoms with E-state index >= 15 is 0 Å². The number of phenols is 1. The van der Waals surface area contributed by atoms with Crippen molar-refractivity contribution in [3.63, 3.8) is 0 Å². The number of phenolic OH excluding ortho intramolecular Hbond substituents is 1. The van der Waals surface area contributed by atoms with E-state index in [9.17, 15) is 39.9 Å². The van der Waals surface area contributed by atoms with Gasteiger partial charge in [-0.3, -0.25) is 19.3 Å². The fourth-order valence-electron chi connectivity index (χ4n) is 8.08. The van der Waals surface area contributed by atoms with Crippen LogP contribution >= 0.6 is 0 Å². The maximum atomic E-state index is 14.3. The van der Waals surface area contributed by atoms with Crippen molar-refractivity contribution in [2.45, 2.75) is 76.2 Å². The Morgan fingerprint density at radius 3 is 2.32 bits per heavy atom. The van der Waals surface area contributed by atoms with Crippen LogP contribution in [-0.4, -0.2) is 117 Å². The van der Waals surface area contributed by atoms with Gasteiger partial charge in [0, 0.05) is 24.1 Å². The van der Waals surface area contributed by atoms with E-state index in [4.69, 9.17) is 0 Å². The number of likely N-dealkylation sites (N-methyl/N-ethyl adjacent to an activating group) is 1. The van der Waals surface area contributed by atoms with Crippen LogP contribution in [0.5, 0.6) is 5.75 Å². The van der Waals surface area contributed by atoms with Crippen molar-refractivity contribution in [1.82, 2.24) is 9.80 Å². The Morgan fingerprint density at radius 1 is 1.11 bits per heavy atom. The Hall–Kier alpha value is -3.25. The van der Waals surface area contributed by atoms with Crippen LogP contribution in [0.2, 0.25) is 0 Å². The third-order valence-corrected chi connectivity index (χ3v) is 10.4. The predicted octanol–water partition coefficient (Wildman–Crippen LogP) is 2.46. The molecule has 240 valence electrons. The largest absolute Gasteiger partial charge is 0.510 e. The Kier molecular flexibility index (Phi) is 8.47. The summed E-state index contributed by atoms with van der Waals surface area (Å²) in [6.07, 6.45) is 2.04. The van der Waals surface area contributed by atoms with Crippen LogP contribution in [-0.2, 0) is 9.59 Å².